The van der Waals surface area contributed by atoms with Crippen LogP contribution >= 0.6 is 11.3 Å². The molecule has 0 aliphatic carbocycles. The normalized spacial score (nSPS) is 11.4. The fraction of sp³-hybridized carbons (Fsp3) is 0.316. The Hall–Kier alpha value is -2.27. The van der Waals surface area contributed by atoms with Gasteiger partial charge in [-0.05, 0) is 31.4 Å². The lowest BCUT2D eigenvalue weighted by Gasteiger charge is -2.10. The highest BCUT2D eigenvalue weighted by Crippen LogP contribution is 2.20. The van der Waals surface area contributed by atoms with E-state index in [9.17, 15) is 9.59 Å². The average Bonchev–Trinajstić information content (AvgIpc) is 2.91. The van der Waals surface area contributed by atoms with Crippen LogP contribution in [0.5, 0.6) is 0 Å². The molecule has 0 aliphatic heterocycles. The molecule has 3 aromatic rings. The zero-order chi connectivity index (χ0) is 17.4. The summed E-state index contributed by atoms with van der Waals surface area (Å²) in [5.74, 6) is 0.914. The van der Waals surface area contributed by atoms with Crippen LogP contribution in [0, 0.1) is 13.8 Å². The summed E-state index contributed by atoms with van der Waals surface area (Å²) in [4.78, 5) is 31.5. The molecule has 0 spiro atoms. The lowest BCUT2D eigenvalue weighted by atomic mass is 10.0. The van der Waals surface area contributed by atoms with Crippen LogP contribution < -0.4 is 5.56 Å². The molecule has 0 unspecified atom stereocenters. The molecule has 4 nitrogen and oxygen atoms in total. The van der Waals surface area contributed by atoms with Crippen LogP contribution in [0.25, 0.3) is 10.2 Å². The number of hydrogen-bond acceptors (Lipinski definition) is 4. The molecule has 0 N–H and O–H groups in total. The van der Waals surface area contributed by atoms with Gasteiger partial charge in [0.15, 0.2) is 5.78 Å². The van der Waals surface area contributed by atoms with Crippen molar-refractivity contribution in [3.8, 4) is 0 Å². The van der Waals surface area contributed by atoms with E-state index in [1.165, 1.54) is 21.5 Å². The number of ketones is 1. The smallest absolute Gasteiger partial charge is 0.262 e. The first-order chi connectivity index (χ1) is 11.4. The SMILES string of the molecule is Cc1cc2c(=O)n(CC(=O)c3ccc(C(C)C)cc3)c(C)nc2s1. The fourth-order valence-corrected chi connectivity index (χ4v) is 3.63. The first-order valence-corrected chi connectivity index (χ1v) is 8.79. The number of carbonyl (C=O) groups excluding carboxylic acids is 1. The largest absolute Gasteiger partial charge is 0.292 e. The first kappa shape index (κ1) is 16.6. The van der Waals surface area contributed by atoms with Crippen molar-refractivity contribution in [2.45, 2.75) is 40.2 Å². The first-order valence-electron chi connectivity index (χ1n) is 7.97. The average molecular weight is 340 g/mol. The zero-order valence-corrected chi connectivity index (χ0v) is 15.1. The summed E-state index contributed by atoms with van der Waals surface area (Å²) < 4.78 is 1.47. The maximum absolute atomic E-state index is 12.7. The molecular formula is C19H20N2O2S. The standard InChI is InChI=1S/C19H20N2O2S/c1-11(2)14-5-7-15(8-6-14)17(22)10-21-13(4)20-18-16(19(21)23)9-12(3)24-18/h5-9,11H,10H2,1-4H3. The molecule has 0 atom stereocenters. The number of aryl methyl sites for hydroxylation is 2. The molecule has 2 aromatic heterocycles. The lowest BCUT2D eigenvalue weighted by molar-refractivity contribution is 0.0969. The van der Waals surface area contributed by atoms with E-state index in [-0.39, 0.29) is 17.9 Å². The van der Waals surface area contributed by atoms with Crippen LogP contribution in [0.2, 0.25) is 0 Å². The molecule has 0 saturated heterocycles. The molecule has 0 aliphatic rings. The predicted octanol–water partition coefficient (Wildman–Crippen LogP) is 4.08. The lowest BCUT2D eigenvalue weighted by Crippen LogP contribution is -2.27. The number of nitrogens with zero attached hydrogens (tertiary/aromatic N) is 2. The van der Waals surface area contributed by atoms with E-state index in [1.807, 2.05) is 37.3 Å². The summed E-state index contributed by atoms with van der Waals surface area (Å²) in [7, 11) is 0. The molecule has 3 rings (SSSR count). The predicted molar refractivity (Wildman–Crippen MR) is 98.2 cm³/mol. The molecule has 0 radical (unpaired) electrons. The number of Topliss-reactive ketones (excluding diaryl/α,β-unsaturated/α-hetero) is 1. The zero-order valence-electron chi connectivity index (χ0n) is 14.3. The molecule has 0 saturated carbocycles. The van der Waals surface area contributed by atoms with Gasteiger partial charge in [-0.2, -0.15) is 0 Å². The number of rotatable bonds is 4. The maximum Gasteiger partial charge on any atom is 0.262 e. The Morgan fingerprint density at radius 3 is 2.50 bits per heavy atom. The third-order valence-corrected chi connectivity index (χ3v) is 5.11. The van der Waals surface area contributed by atoms with Gasteiger partial charge in [-0.15, -0.1) is 11.3 Å². The van der Waals surface area contributed by atoms with Crippen molar-refractivity contribution in [3.05, 3.63) is 62.5 Å². The molecule has 0 fully saturated rings. The van der Waals surface area contributed by atoms with Gasteiger partial charge in [0, 0.05) is 10.4 Å². The van der Waals surface area contributed by atoms with Crippen molar-refractivity contribution in [2.24, 2.45) is 0 Å². The number of carbonyl (C=O) groups is 1. The monoisotopic (exact) mass is 340 g/mol. The number of aromatic nitrogens is 2. The van der Waals surface area contributed by atoms with Crippen LogP contribution in [-0.2, 0) is 6.54 Å². The minimum absolute atomic E-state index is 0.0174. The van der Waals surface area contributed by atoms with E-state index in [2.05, 4.69) is 18.8 Å². The second-order valence-electron chi connectivity index (χ2n) is 6.33. The maximum atomic E-state index is 12.7. The molecule has 0 bridgehead atoms. The Bertz CT molecular complexity index is 965. The van der Waals surface area contributed by atoms with Gasteiger partial charge < -0.3 is 0 Å². The third-order valence-electron chi connectivity index (χ3n) is 4.17. The summed E-state index contributed by atoms with van der Waals surface area (Å²) in [5.41, 5.74) is 1.66. The van der Waals surface area contributed by atoms with Gasteiger partial charge in [-0.1, -0.05) is 38.1 Å². The van der Waals surface area contributed by atoms with Gasteiger partial charge in [0.2, 0.25) is 0 Å². The highest BCUT2D eigenvalue weighted by molar-refractivity contribution is 7.18. The summed E-state index contributed by atoms with van der Waals surface area (Å²) in [6.07, 6.45) is 0. The molecule has 1 aromatic carbocycles. The molecule has 124 valence electrons. The molecule has 2 heterocycles. The van der Waals surface area contributed by atoms with Crippen LogP contribution in [0.15, 0.2) is 35.1 Å². The summed E-state index contributed by atoms with van der Waals surface area (Å²) in [6, 6.07) is 9.44. The third kappa shape index (κ3) is 3.04. The number of hydrogen-bond donors (Lipinski definition) is 0. The van der Waals surface area contributed by atoms with Gasteiger partial charge in [0.1, 0.15) is 10.7 Å². The topological polar surface area (TPSA) is 52.0 Å². The van der Waals surface area contributed by atoms with Gasteiger partial charge in [0.05, 0.1) is 11.9 Å². The van der Waals surface area contributed by atoms with E-state index in [0.29, 0.717) is 22.7 Å². The van der Waals surface area contributed by atoms with E-state index < -0.39 is 0 Å². The van der Waals surface area contributed by atoms with Crippen LogP contribution in [-0.4, -0.2) is 15.3 Å². The summed E-state index contributed by atoms with van der Waals surface area (Å²) in [5, 5.41) is 0.589. The van der Waals surface area contributed by atoms with Gasteiger partial charge >= 0.3 is 0 Å². The van der Waals surface area contributed by atoms with Crippen molar-refractivity contribution >= 4 is 27.3 Å². The summed E-state index contributed by atoms with van der Waals surface area (Å²) >= 11 is 1.50. The van der Waals surface area contributed by atoms with E-state index >= 15 is 0 Å². The minimum atomic E-state index is -0.144. The fourth-order valence-electron chi connectivity index (χ4n) is 2.71. The van der Waals surface area contributed by atoms with E-state index in [4.69, 9.17) is 0 Å². The number of thiophene rings is 1. The van der Waals surface area contributed by atoms with Crippen molar-refractivity contribution in [1.82, 2.24) is 9.55 Å². The second-order valence-corrected chi connectivity index (χ2v) is 7.56. The van der Waals surface area contributed by atoms with Gasteiger partial charge in [-0.25, -0.2) is 4.98 Å². The van der Waals surface area contributed by atoms with Gasteiger partial charge in [0.25, 0.3) is 5.56 Å². The molecule has 24 heavy (non-hydrogen) atoms. The highest BCUT2D eigenvalue weighted by atomic mass is 32.1. The highest BCUT2D eigenvalue weighted by Gasteiger charge is 2.14. The van der Waals surface area contributed by atoms with Gasteiger partial charge in [-0.3, -0.25) is 14.2 Å². The Kier molecular flexibility index (Phi) is 4.37. The quantitative estimate of drug-likeness (QED) is 0.672. The molecular weight excluding hydrogens is 320 g/mol. The minimum Gasteiger partial charge on any atom is -0.292 e. The number of benzene rings is 1. The van der Waals surface area contributed by atoms with E-state index in [0.717, 1.165) is 9.71 Å². The van der Waals surface area contributed by atoms with Crippen LogP contribution in [0.1, 0.15) is 46.4 Å². The van der Waals surface area contributed by atoms with Crippen molar-refractivity contribution in [2.75, 3.05) is 0 Å². The molecule has 0 amide bonds. The Morgan fingerprint density at radius 1 is 1.21 bits per heavy atom. The van der Waals surface area contributed by atoms with Crippen molar-refractivity contribution < 1.29 is 4.79 Å². The van der Waals surface area contributed by atoms with Crippen LogP contribution in [0.4, 0.5) is 0 Å². The van der Waals surface area contributed by atoms with Crippen molar-refractivity contribution in [3.63, 3.8) is 0 Å². The van der Waals surface area contributed by atoms with E-state index in [1.54, 1.807) is 6.92 Å². The second kappa shape index (κ2) is 6.32. The van der Waals surface area contributed by atoms with Crippen molar-refractivity contribution in [1.29, 1.82) is 0 Å². The Morgan fingerprint density at radius 2 is 1.88 bits per heavy atom. The Balaban J connectivity index is 1.94. The Labute approximate surface area is 144 Å². The molecule has 5 heteroatoms. The number of fused-ring (bicyclic) bond motifs is 1. The summed E-state index contributed by atoms with van der Waals surface area (Å²) in [6.45, 7) is 7.97. The van der Waals surface area contributed by atoms with Crippen LogP contribution in [0.3, 0.4) is 0 Å².